The molecule has 5 rings (SSSR count). The number of nitrogens with zero attached hydrogens (tertiary/aromatic N) is 2. The second-order valence-electron chi connectivity index (χ2n) is 6.59. The first-order valence-corrected chi connectivity index (χ1v) is 9.13. The Morgan fingerprint density at radius 3 is 2.38 bits per heavy atom. The van der Waals surface area contributed by atoms with Gasteiger partial charge in [-0.1, -0.05) is 0 Å². The van der Waals surface area contributed by atoms with Gasteiger partial charge >= 0.3 is 0 Å². The molecule has 8 heteroatoms. The highest BCUT2D eigenvalue weighted by Crippen LogP contribution is 2.38. The Balaban J connectivity index is 1.41. The first-order valence-electron chi connectivity index (χ1n) is 9.13. The Hall–Kier alpha value is -3.81. The van der Waals surface area contributed by atoms with Crippen molar-refractivity contribution in [2.24, 2.45) is 0 Å². The van der Waals surface area contributed by atoms with Gasteiger partial charge in [0, 0.05) is 17.2 Å². The van der Waals surface area contributed by atoms with Crippen LogP contribution in [0.5, 0.6) is 23.0 Å². The number of rotatable bonds is 4. The van der Waals surface area contributed by atoms with E-state index in [0.717, 1.165) is 11.3 Å². The lowest BCUT2D eigenvalue weighted by Crippen LogP contribution is -2.15. The molecule has 3 heterocycles. The van der Waals surface area contributed by atoms with Gasteiger partial charge in [-0.25, -0.2) is 0 Å². The van der Waals surface area contributed by atoms with Crippen LogP contribution >= 0.6 is 0 Å². The van der Waals surface area contributed by atoms with Crippen LogP contribution in [-0.2, 0) is 0 Å². The van der Waals surface area contributed by atoms with E-state index in [1.54, 1.807) is 18.2 Å². The average molecular weight is 391 g/mol. The Bertz CT molecular complexity index is 1100. The van der Waals surface area contributed by atoms with Gasteiger partial charge in [0.25, 0.3) is 0 Å². The highest BCUT2D eigenvalue weighted by atomic mass is 16.7. The van der Waals surface area contributed by atoms with Crippen molar-refractivity contribution in [3.05, 3.63) is 48.0 Å². The van der Waals surface area contributed by atoms with Crippen molar-refractivity contribution in [1.29, 1.82) is 0 Å². The molecule has 3 aromatic rings. The molecule has 1 N–H and O–H groups in total. The normalized spacial score (nSPS) is 13.8. The number of anilines is 2. The van der Waals surface area contributed by atoms with Crippen LogP contribution in [0.2, 0.25) is 0 Å². The molecule has 0 aliphatic carbocycles. The summed E-state index contributed by atoms with van der Waals surface area (Å²) in [6, 6.07) is 12.7. The van der Waals surface area contributed by atoms with Gasteiger partial charge in [0.05, 0.1) is 11.4 Å². The molecule has 0 radical (unpaired) electrons. The van der Waals surface area contributed by atoms with Crippen molar-refractivity contribution < 1.29 is 23.7 Å². The summed E-state index contributed by atoms with van der Waals surface area (Å²) in [7, 11) is 0. The predicted octanol–water partition coefficient (Wildman–Crippen LogP) is 3.59. The van der Waals surface area contributed by atoms with E-state index in [0.29, 0.717) is 53.2 Å². The quantitative estimate of drug-likeness (QED) is 0.675. The van der Waals surface area contributed by atoms with Crippen LogP contribution in [0.3, 0.4) is 0 Å². The summed E-state index contributed by atoms with van der Waals surface area (Å²) in [5.74, 6) is 2.98. The van der Waals surface area contributed by atoms with Crippen LogP contribution in [0.1, 0.15) is 17.3 Å². The first kappa shape index (κ1) is 17.3. The number of fused-ring (bicyclic) bond motifs is 2. The third-order valence-electron chi connectivity index (χ3n) is 4.66. The van der Waals surface area contributed by atoms with Gasteiger partial charge < -0.3 is 24.3 Å². The summed E-state index contributed by atoms with van der Waals surface area (Å²) in [6.07, 6.45) is 0. The smallest absolute Gasteiger partial charge is 0.231 e. The molecule has 146 valence electrons. The molecule has 0 fully saturated rings. The minimum absolute atomic E-state index is 0.0911. The third-order valence-corrected chi connectivity index (χ3v) is 4.66. The fraction of sp³-hybridized carbons (Fsp3) is 0.190. The molecule has 2 aliphatic heterocycles. The molecule has 8 nitrogen and oxygen atoms in total. The largest absolute Gasteiger partial charge is 0.486 e. The number of hydrogen-bond acceptors (Lipinski definition) is 8. The maximum Gasteiger partial charge on any atom is 0.231 e. The van der Waals surface area contributed by atoms with E-state index in [9.17, 15) is 4.79 Å². The van der Waals surface area contributed by atoms with Gasteiger partial charge in [-0.15, -0.1) is 10.2 Å². The summed E-state index contributed by atoms with van der Waals surface area (Å²) in [5, 5.41) is 11.7. The number of ketones is 1. The topological polar surface area (TPSA) is 91.8 Å². The van der Waals surface area contributed by atoms with Crippen LogP contribution in [0.15, 0.2) is 42.5 Å². The molecule has 2 aliphatic rings. The standard InChI is InChI=1S/C21H17N3O5/c1-12(25)14-9-19-20(29-11-28-19)10-16(14)22-21-5-3-15(23-24-21)13-2-4-17-18(8-13)27-7-6-26-17/h2-5,8-10H,6-7,11H2,1H3,(H,22,24). The van der Waals surface area contributed by atoms with Gasteiger partial charge in [-0.05, 0) is 43.3 Å². The molecular formula is C21H17N3O5. The van der Waals surface area contributed by atoms with E-state index in [4.69, 9.17) is 18.9 Å². The minimum atomic E-state index is -0.0911. The van der Waals surface area contributed by atoms with Gasteiger partial charge in [0.15, 0.2) is 34.6 Å². The lowest BCUT2D eigenvalue weighted by molar-refractivity contribution is 0.101. The summed E-state index contributed by atoms with van der Waals surface area (Å²) >= 11 is 0. The van der Waals surface area contributed by atoms with E-state index in [1.165, 1.54) is 6.92 Å². The van der Waals surface area contributed by atoms with Gasteiger partial charge in [-0.3, -0.25) is 4.79 Å². The molecule has 0 unspecified atom stereocenters. The molecule has 1 aromatic heterocycles. The number of hydrogen-bond donors (Lipinski definition) is 1. The van der Waals surface area contributed by atoms with E-state index in [1.807, 2.05) is 24.3 Å². The van der Waals surface area contributed by atoms with Crippen molar-refractivity contribution in [1.82, 2.24) is 10.2 Å². The molecule has 0 atom stereocenters. The van der Waals surface area contributed by atoms with Crippen molar-refractivity contribution >= 4 is 17.3 Å². The van der Waals surface area contributed by atoms with Gasteiger partial charge in [0.2, 0.25) is 6.79 Å². The van der Waals surface area contributed by atoms with E-state index < -0.39 is 0 Å². The zero-order valence-electron chi connectivity index (χ0n) is 15.6. The van der Waals surface area contributed by atoms with Crippen LogP contribution in [-0.4, -0.2) is 36.0 Å². The SMILES string of the molecule is CC(=O)c1cc2c(cc1Nc1ccc(-c3ccc4c(c3)OCCO4)nn1)OCO2. The number of carbonyl (C=O) groups excluding carboxylic acids is 1. The summed E-state index contributed by atoms with van der Waals surface area (Å²) < 4.78 is 21.9. The van der Waals surface area contributed by atoms with E-state index in [-0.39, 0.29) is 12.6 Å². The minimum Gasteiger partial charge on any atom is -0.486 e. The van der Waals surface area contributed by atoms with Gasteiger partial charge in [0.1, 0.15) is 13.2 Å². The van der Waals surface area contributed by atoms with E-state index >= 15 is 0 Å². The molecular weight excluding hydrogens is 374 g/mol. The first-order chi connectivity index (χ1) is 14.2. The number of Topliss-reactive ketones (excluding diaryl/α,β-unsaturated/α-hetero) is 1. The Kier molecular flexibility index (Phi) is 4.16. The highest BCUT2D eigenvalue weighted by molar-refractivity contribution is 6.01. The fourth-order valence-electron chi connectivity index (χ4n) is 3.23. The number of nitrogens with one attached hydrogen (secondary N) is 1. The van der Waals surface area contributed by atoms with Crippen LogP contribution in [0, 0.1) is 0 Å². The lowest BCUT2D eigenvalue weighted by Gasteiger charge is -2.18. The molecule has 0 bridgehead atoms. The molecule has 0 saturated heterocycles. The maximum absolute atomic E-state index is 12.0. The third kappa shape index (κ3) is 3.29. The second kappa shape index (κ2) is 6.97. The summed E-state index contributed by atoms with van der Waals surface area (Å²) in [5.41, 5.74) is 2.65. The summed E-state index contributed by atoms with van der Waals surface area (Å²) in [4.78, 5) is 12.0. The van der Waals surface area contributed by atoms with Crippen LogP contribution in [0.4, 0.5) is 11.5 Å². The summed E-state index contributed by atoms with van der Waals surface area (Å²) in [6.45, 7) is 2.72. The Morgan fingerprint density at radius 1 is 0.862 bits per heavy atom. The van der Waals surface area contributed by atoms with E-state index in [2.05, 4.69) is 15.5 Å². The highest BCUT2D eigenvalue weighted by Gasteiger charge is 2.20. The zero-order chi connectivity index (χ0) is 19.8. The Morgan fingerprint density at radius 2 is 1.62 bits per heavy atom. The van der Waals surface area contributed by atoms with Crippen molar-refractivity contribution in [2.75, 3.05) is 25.3 Å². The maximum atomic E-state index is 12.0. The molecule has 0 amide bonds. The molecule has 0 saturated carbocycles. The molecule has 29 heavy (non-hydrogen) atoms. The number of benzene rings is 2. The Labute approximate surface area is 166 Å². The number of carbonyl (C=O) groups is 1. The fourth-order valence-corrected chi connectivity index (χ4v) is 3.23. The van der Waals surface area contributed by atoms with Crippen LogP contribution in [0.25, 0.3) is 11.3 Å². The van der Waals surface area contributed by atoms with Crippen LogP contribution < -0.4 is 24.3 Å². The van der Waals surface area contributed by atoms with Crippen molar-refractivity contribution in [2.45, 2.75) is 6.92 Å². The number of aromatic nitrogens is 2. The monoisotopic (exact) mass is 391 g/mol. The average Bonchev–Trinajstić information content (AvgIpc) is 3.21. The molecule has 0 spiro atoms. The second-order valence-corrected chi connectivity index (χ2v) is 6.59. The van der Waals surface area contributed by atoms with Crippen molar-refractivity contribution in [3.8, 4) is 34.3 Å². The molecule has 2 aromatic carbocycles. The van der Waals surface area contributed by atoms with Gasteiger partial charge in [-0.2, -0.15) is 0 Å². The lowest BCUT2D eigenvalue weighted by atomic mass is 10.1. The predicted molar refractivity (Wildman–Crippen MR) is 104 cm³/mol. The zero-order valence-corrected chi connectivity index (χ0v) is 15.6. The number of ether oxygens (including phenoxy) is 4. The van der Waals surface area contributed by atoms with Crippen molar-refractivity contribution in [3.63, 3.8) is 0 Å².